The molecule has 19 heavy (non-hydrogen) atoms. The predicted molar refractivity (Wildman–Crippen MR) is 82.1 cm³/mol. The quantitative estimate of drug-likeness (QED) is 0.837. The molecule has 2 aromatic carbocycles. The van der Waals surface area contributed by atoms with E-state index in [1.54, 1.807) is 0 Å². The first-order chi connectivity index (χ1) is 9.17. The standard InChI is InChI=1S/C16H19ClN2/c1-2-19(11-13-3-7-15(17)8-4-13)12-14-5-9-16(18)10-6-14/h3-10H,2,11-12,18H2,1H3. The molecule has 0 aliphatic carbocycles. The number of rotatable bonds is 5. The van der Waals surface area contributed by atoms with Crippen LogP contribution < -0.4 is 5.73 Å². The van der Waals surface area contributed by atoms with Crippen LogP contribution in [-0.2, 0) is 13.1 Å². The van der Waals surface area contributed by atoms with Crippen molar-refractivity contribution >= 4 is 17.3 Å². The van der Waals surface area contributed by atoms with Crippen LogP contribution in [-0.4, -0.2) is 11.4 Å². The Hall–Kier alpha value is -1.51. The molecule has 0 fully saturated rings. The number of benzene rings is 2. The van der Waals surface area contributed by atoms with Crippen LogP contribution in [0.2, 0.25) is 5.02 Å². The zero-order valence-electron chi connectivity index (χ0n) is 11.1. The van der Waals surface area contributed by atoms with Gasteiger partial charge in [-0.3, -0.25) is 4.90 Å². The van der Waals surface area contributed by atoms with Crippen molar-refractivity contribution in [2.24, 2.45) is 0 Å². The van der Waals surface area contributed by atoms with Gasteiger partial charge in [0.05, 0.1) is 0 Å². The Balaban J connectivity index is 2.00. The SMILES string of the molecule is CCN(Cc1ccc(N)cc1)Cc1ccc(Cl)cc1. The summed E-state index contributed by atoms with van der Waals surface area (Å²) in [5.74, 6) is 0. The van der Waals surface area contributed by atoms with E-state index in [4.69, 9.17) is 17.3 Å². The monoisotopic (exact) mass is 274 g/mol. The summed E-state index contributed by atoms with van der Waals surface area (Å²) in [6, 6.07) is 16.1. The minimum Gasteiger partial charge on any atom is -0.399 e. The number of halogens is 1. The molecule has 0 aromatic heterocycles. The zero-order chi connectivity index (χ0) is 13.7. The Bertz CT molecular complexity index is 458. The van der Waals surface area contributed by atoms with Crippen LogP contribution in [0.4, 0.5) is 5.69 Å². The fraction of sp³-hybridized carbons (Fsp3) is 0.250. The third-order valence-electron chi connectivity index (χ3n) is 3.15. The van der Waals surface area contributed by atoms with Crippen LogP contribution in [0.15, 0.2) is 48.5 Å². The molecular formula is C16H19ClN2. The van der Waals surface area contributed by atoms with E-state index in [2.05, 4.69) is 36.1 Å². The van der Waals surface area contributed by atoms with Gasteiger partial charge in [0.25, 0.3) is 0 Å². The fourth-order valence-corrected chi connectivity index (χ4v) is 2.13. The molecule has 2 N–H and O–H groups in total. The van der Waals surface area contributed by atoms with Crippen LogP contribution in [0.25, 0.3) is 0 Å². The average molecular weight is 275 g/mol. The predicted octanol–water partition coefficient (Wildman–Crippen LogP) is 3.94. The lowest BCUT2D eigenvalue weighted by Gasteiger charge is -2.20. The van der Waals surface area contributed by atoms with Gasteiger partial charge < -0.3 is 5.73 Å². The van der Waals surface area contributed by atoms with Crippen molar-refractivity contribution in [1.82, 2.24) is 4.90 Å². The first-order valence-electron chi connectivity index (χ1n) is 6.48. The maximum atomic E-state index is 5.90. The number of anilines is 1. The van der Waals surface area contributed by atoms with E-state index >= 15 is 0 Å². The highest BCUT2D eigenvalue weighted by molar-refractivity contribution is 6.30. The maximum Gasteiger partial charge on any atom is 0.0406 e. The van der Waals surface area contributed by atoms with E-state index in [0.717, 1.165) is 30.3 Å². The first kappa shape index (κ1) is 13.9. The highest BCUT2D eigenvalue weighted by atomic mass is 35.5. The van der Waals surface area contributed by atoms with Gasteiger partial charge in [0, 0.05) is 23.8 Å². The summed E-state index contributed by atoms with van der Waals surface area (Å²) in [6.07, 6.45) is 0. The maximum absolute atomic E-state index is 5.90. The summed E-state index contributed by atoms with van der Waals surface area (Å²) in [6.45, 7) is 5.04. The lowest BCUT2D eigenvalue weighted by molar-refractivity contribution is 0.271. The van der Waals surface area contributed by atoms with Crippen molar-refractivity contribution in [3.8, 4) is 0 Å². The van der Waals surface area contributed by atoms with Crippen LogP contribution >= 0.6 is 11.6 Å². The number of nitrogens with zero attached hydrogens (tertiary/aromatic N) is 1. The highest BCUT2D eigenvalue weighted by Crippen LogP contribution is 2.14. The molecule has 0 unspecified atom stereocenters. The van der Waals surface area contributed by atoms with Gasteiger partial charge in [0.15, 0.2) is 0 Å². The number of nitrogens with two attached hydrogens (primary N) is 1. The van der Waals surface area contributed by atoms with Crippen molar-refractivity contribution in [2.75, 3.05) is 12.3 Å². The van der Waals surface area contributed by atoms with Crippen molar-refractivity contribution in [1.29, 1.82) is 0 Å². The molecule has 0 spiro atoms. The van der Waals surface area contributed by atoms with Crippen LogP contribution in [0, 0.1) is 0 Å². The summed E-state index contributed by atoms with van der Waals surface area (Å²) in [4.78, 5) is 2.38. The molecule has 0 saturated heterocycles. The molecule has 2 aromatic rings. The Morgan fingerprint density at radius 3 is 1.84 bits per heavy atom. The van der Waals surface area contributed by atoms with Crippen molar-refractivity contribution in [3.63, 3.8) is 0 Å². The Kier molecular flexibility index (Phi) is 4.83. The first-order valence-corrected chi connectivity index (χ1v) is 6.86. The molecule has 0 aliphatic heterocycles. The molecule has 0 radical (unpaired) electrons. The van der Waals surface area contributed by atoms with Crippen molar-refractivity contribution in [2.45, 2.75) is 20.0 Å². The fourth-order valence-electron chi connectivity index (χ4n) is 2.01. The number of hydrogen-bond donors (Lipinski definition) is 1. The summed E-state index contributed by atoms with van der Waals surface area (Å²) in [5.41, 5.74) is 9.07. The van der Waals surface area contributed by atoms with E-state index in [1.165, 1.54) is 11.1 Å². The topological polar surface area (TPSA) is 29.3 Å². The molecule has 0 heterocycles. The third-order valence-corrected chi connectivity index (χ3v) is 3.40. The molecule has 0 atom stereocenters. The van der Waals surface area contributed by atoms with Gasteiger partial charge in [-0.05, 0) is 41.9 Å². The minimum atomic E-state index is 0.783. The summed E-state index contributed by atoms with van der Waals surface area (Å²) in [5, 5.41) is 0.783. The lowest BCUT2D eigenvalue weighted by Crippen LogP contribution is -2.22. The number of nitrogen functional groups attached to an aromatic ring is 1. The summed E-state index contributed by atoms with van der Waals surface area (Å²) in [7, 11) is 0. The second-order valence-electron chi connectivity index (χ2n) is 4.67. The normalized spacial score (nSPS) is 10.9. The lowest BCUT2D eigenvalue weighted by atomic mass is 10.1. The Labute approximate surface area is 119 Å². The van der Waals surface area contributed by atoms with E-state index < -0.39 is 0 Å². The largest absolute Gasteiger partial charge is 0.399 e. The summed E-state index contributed by atoms with van der Waals surface area (Å²) >= 11 is 5.90. The molecule has 0 bridgehead atoms. The zero-order valence-corrected chi connectivity index (χ0v) is 11.9. The minimum absolute atomic E-state index is 0.783. The van der Waals surface area contributed by atoms with Crippen LogP contribution in [0.5, 0.6) is 0 Å². The van der Waals surface area contributed by atoms with Gasteiger partial charge in [-0.25, -0.2) is 0 Å². The highest BCUT2D eigenvalue weighted by Gasteiger charge is 2.05. The average Bonchev–Trinajstić information content (AvgIpc) is 2.43. The molecule has 0 amide bonds. The van der Waals surface area contributed by atoms with Crippen LogP contribution in [0.1, 0.15) is 18.1 Å². The second kappa shape index (κ2) is 6.60. The van der Waals surface area contributed by atoms with Gasteiger partial charge in [0.1, 0.15) is 0 Å². The smallest absolute Gasteiger partial charge is 0.0406 e. The Morgan fingerprint density at radius 2 is 1.37 bits per heavy atom. The molecular weight excluding hydrogens is 256 g/mol. The van der Waals surface area contributed by atoms with Gasteiger partial charge in [-0.15, -0.1) is 0 Å². The van der Waals surface area contributed by atoms with Gasteiger partial charge in [0.2, 0.25) is 0 Å². The molecule has 2 nitrogen and oxygen atoms in total. The Morgan fingerprint density at radius 1 is 0.895 bits per heavy atom. The number of hydrogen-bond acceptors (Lipinski definition) is 2. The summed E-state index contributed by atoms with van der Waals surface area (Å²) < 4.78 is 0. The third kappa shape index (κ3) is 4.27. The van der Waals surface area contributed by atoms with E-state index in [0.29, 0.717) is 0 Å². The van der Waals surface area contributed by atoms with Gasteiger partial charge in [-0.1, -0.05) is 42.8 Å². The van der Waals surface area contributed by atoms with Gasteiger partial charge in [-0.2, -0.15) is 0 Å². The molecule has 3 heteroatoms. The van der Waals surface area contributed by atoms with Crippen LogP contribution in [0.3, 0.4) is 0 Å². The second-order valence-corrected chi connectivity index (χ2v) is 5.11. The molecule has 0 aliphatic rings. The molecule has 0 saturated carbocycles. The van der Waals surface area contributed by atoms with E-state index in [9.17, 15) is 0 Å². The van der Waals surface area contributed by atoms with Crippen molar-refractivity contribution < 1.29 is 0 Å². The van der Waals surface area contributed by atoms with Gasteiger partial charge >= 0.3 is 0 Å². The van der Waals surface area contributed by atoms with Crippen molar-refractivity contribution in [3.05, 3.63) is 64.7 Å². The molecule has 100 valence electrons. The van der Waals surface area contributed by atoms with E-state index in [1.807, 2.05) is 24.3 Å². The molecule has 2 rings (SSSR count). The van der Waals surface area contributed by atoms with E-state index in [-0.39, 0.29) is 0 Å².